The van der Waals surface area contributed by atoms with Crippen LogP contribution in [0.4, 0.5) is 0 Å². The van der Waals surface area contributed by atoms with Crippen molar-refractivity contribution in [3.63, 3.8) is 0 Å². The van der Waals surface area contributed by atoms with Gasteiger partial charge >= 0.3 is 0 Å². The Morgan fingerprint density at radius 1 is 1.00 bits per heavy atom. The number of nitrogens with one attached hydrogen (secondary N) is 1. The third-order valence-electron chi connectivity index (χ3n) is 5.02. The van der Waals surface area contributed by atoms with Crippen molar-refractivity contribution in [3.05, 3.63) is 75.8 Å². The minimum Gasteiger partial charge on any atom is -0.488 e. The summed E-state index contributed by atoms with van der Waals surface area (Å²) in [6, 6.07) is 18.0. The Labute approximate surface area is 171 Å². The summed E-state index contributed by atoms with van der Waals surface area (Å²) < 4.78 is 6.18. The van der Waals surface area contributed by atoms with Crippen LogP contribution in [0.15, 0.2) is 54.6 Å². The Balaban J connectivity index is 1.90. The highest BCUT2D eigenvalue weighted by Crippen LogP contribution is 2.30. The molecule has 0 aliphatic rings. The summed E-state index contributed by atoms with van der Waals surface area (Å²) in [5.41, 5.74) is 2.15. The van der Waals surface area contributed by atoms with Crippen LogP contribution in [0.25, 0.3) is 10.8 Å². The molecule has 1 N–H and O–H groups in total. The van der Waals surface area contributed by atoms with Gasteiger partial charge in [-0.3, -0.25) is 0 Å². The van der Waals surface area contributed by atoms with Crippen LogP contribution in [0.5, 0.6) is 5.75 Å². The van der Waals surface area contributed by atoms with Crippen LogP contribution in [-0.2, 0) is 13.2 Å². The van der Waals surface area contributed by atoms with Crippen LogP contribution >= 0.6 is 23.2 Å². The van der Waals surface area contributed by atoms with Gasteiger partial charge in [-0.15, -0.1) is 0 Å². The molecule has 3 aromatic carbocycles. The maximum Gasteiger partial charge on any atom is 0.124 e. The average molecular weight is 402 g/mol. The largest absolute Gasteiger partial charge is 0.488 e. The van der Waals surface area contributed by atoms with E-state index in [0.717, 1.165) is 24.3 Å². The summed E-state index contributed by atoms with van der Waals surface area (Å²) >= 11 is 12.3. The van der Waals surface area contributed by atoms with Crippen molar-refractivity contribution in [1.29, 1.82) is 0 Å². The predicted octanol–water partition coefficient (Wildman–Crippen LogP) is 7.00. The molecule has 0 radical (unpaired) electrons. The minimum absolute atomic E-state index is 0.0632. The SMILES string of the molecule is CCC(C)(C)NCc1c(OCc2ccc(Cl)cc2Cl)ccc2ccccc12. The number of halogens is 2. The van der Waals surface area contributed by atoms with E-state index in [2.05, 4.69) is 56.4 Å². The summed E-state index contributed by atoms with van der Waals surface area (Å²) in [5.74, 6) is 0.874. The smallest absolute Gasteiger partial charge is 0.124 e. The topological polar surface area (TPSA) is 21.3 Å². The van der Waals surface area contributed by atoms with Crippen molar-refractivity contribution in [3.8, 4) is 5.75 Å². The predicted molar refractivity (Wildman–Crippen MR) is 116 cm³/mol. The lowest BCUT2D eigenvalue weighted by molar-refractivity contribution is 0.299. The standard InChI is InChI=1S/C23H25Cl2NO/c1-4-23(2,3)26-14-20-19-8-6-5-7-16(19)10-12-22(20)27-15-17-9-11-18(24)13-21(17)25/h5-13,26H,4,14-15H2,1-3H3. The quantitative estimate of drug-likeness (QED) is 0.459. The first-order valence-corrected chi connectivity index (χ1v) is 9.97. The Bertz CT molecular complexity index is 937. The molecule has 0 bridgehead atoms. The molecule has 0 aliphatic heterocycles. The fourth-order valence-corrected chi connectivity index (χ4v) is 3.34. The van der Waals surface area contributed by atoms with Crippen LogP contribution in [0, 0.1) is 0 Å². The lowest BCUT2D eigenvalue weighted by atomic mass is 9.99. The monoisotopic (exact) mass is 401 g/mol. The van der Waals surface area contributed by atoms with Crippen molar-refractivity contribution in [2.75, 3.05) is 0 Å². The number of fused-ring (bicyclic) bond motifs is 1. The van der Waals surface area contributed by atoms with Gasteiger partial charge in [-0.05, 0) is 49.2 Å². The molecule has 0 spiro atoms. The van der Waals surface area contributed by atoms with E-state index >= 15 is 0 Å². The fraction of sp³-hybridized carbons (Fsp3) is 0.304. The van der Waals surface area contributed by atoms with E-state index in [1.807, 2.05) is 18.2 Å². The summed E-state index contributed by atoms with van der Waals surface area (Å²) in [7, 11) is 0. The molecule has 142 valence electrons. The maximum atomic E-state index is 6.29. The van der Waals surface area contributed by atoms with Crippen molar-refractivity contribution in [2.45, 2.75) is 45.9 Å². The van der Waals surface area contributed by atoms with E-state index in [4.69, 9.17) is 27.9 Å². The molecule has 3 rings (SSSR count). The molecule has 3 aromatic rings. The van der Waals surface area contributed by atoms with Gasteiger partial charge in [0.15, 0.2) is 0 Å². The van der Waals surface area contributed by atoms with Crippen LogP contribution < -0.4 is 10.1 Å². The maximum absolute atomic E-state index is 6.29. The van der Waals surface area contributed by atoms with Gasteiger partial charge in [0.25, 0.3) is 0 Å². The van der Waals surface area contributed by atoms with Crippen LogP contribution in [-0.4, -0.2) is 5.54 Å². The zero-order chi connectivity index (χ0) is 19.4. The van der Waals surface area contributed by atoms with Gasteiger partial charge in [-0.2, -0.15) is 0 Å². The van der Waals surface area contributed by atoms with Crippen molar-refractivity contribution in [1.82, 2.24) is 5.32 Å². The lowest BCUT2D eigenvalue weighted by Gasteiger charge is -2.26. The van der Waals surface area contributed by atoms with Gasteiger partial charge in [0, 0.05) is 33.3 Å². The summed E-state index contributed by atoms with van der Waals surface area (Å²) in [6.07, 6.45) is 1.05. The van der Waals surface area contributed by atoms with Crippen LogP contribution in [0.2, 0.25) is 10.0 Å². The van der Waals surface area contributed by atoms with Gasteiger partial charge < -0.3 is 10.1 Å². The first-order valence-electron chi connectivity index (χ1n) is 9.22. The third-order valence-corrected chi connectivity index (χ3v) is 5.61. The molecule has 27 heavy (non-hydrogen) atoms. The molecule has 0 saturated carbocycles. The zero-order valence-electron chi connectivity index (χ0n) is 16.0. The third kappa shape index (κ3) is 4.95. The Morgan fingerprint density at radius 3 is 2.52 bits per heavy atom. The summed E-state index contributed by atoms with van der Waals surface area (Å²) in [5, 5.41) is 7.31. The Kier molecular flexibility index (Phi) is 6.31. The highest BCUT2D eigenvalue weighted by atomic mass is 35.5. The van der Waals surface area contributed by atoms with Crippen molar-refractivity contribution < 1.29 is 4.74 Å². The number of benzene rings is 3. The van der Waals surface area contributed by atoms with E-state index in [0.29, 0.717) is 16.7 Å². The molecule has 0 aromatic heterocycles. The number of rotatable bonds is 7. The van der Waals surface area contributed by atoms with Gasteiger partial charge in [-0.25, -0.2) is 0 Å². The van der Waals surface area contributed by atoms with Crippen LogP contribution in [0.3, 0.4) is 0 Å². The summed E-state index contributed by atoms with van der Waals surface area (Å²) in [6.45, 7) is 7.76. The fourth-order valence-electron chi connectivity index (χ4n) is 2.88. The molecule has 0 heterocycles. The van der Waals surface area contributed by atoms with Gasteiger partial charge in [0.05, 0.1) is 0 Å². The molecule has 0 amide bonds. The second-order valence-corrected chi connectivity index (χ2v) is 8.22. The molecule has 0 unspecified atom stereocenters. The average Bonchev–Trinajstić information content (AvgIpc) is 2.66. The molecular weight excluding hydrogens is 377 g/mol. The van der Waals surface area contributed by atoms with Crippen LogP contribution in [0.1, 0.15) is 38.3 Å². The van der Waals surface area contributed by atoms with E-state index in [9.17, 15) is 0 Å². The first-order chi connectivity index (χ1) is 12.9. The first kappa shape index (κ1) is 20.0. The van der Waals surface area contributed by atoms with Crippen molar-refractivity contribution in [2.24, 2.45) is 0 Å². The van der Waals surface area contributed by atoms with Crippen molar-refractivity contribution >= 4 is 34.0 Å². The normalized spacial score (nSPS) is 11.7. The highest BCUT2D eigenvalue weighted by Gasteiger charge is 2.17. The molecule has 0 fully saturated rings. The molecule has 4 heteroatoms. The van der Waals surface area contributed by atoms with Gasteiger partial charge in [-0.1, -0.05) is 66.5 Å². The molecule has 0 atom stereocenters. The van der Waals surface area contributed by atoms with E-state index in [1.54, 1.807) is 6.07 Å². The minimum atomic E-state index is 0.0632. The van der Waals surface area contributed by atoms with Gasteiger partial charge in [0.1, 0.15) is 12.4 Å². The van der Waals surface area contributed by atoms with Gasteiger partial charge in [0.2, 0.25) is 0 Å². The molecule has 0 aliphatic carbocycles. The highest BCUT2D eigenvalue weighted by molar-refractivity contribution is 6.35. The summed E-state index contributed by atoms with van der Waals surface area (Å²) in [4.78, 5) is 0. The van der Waals surface area contributed by atoms with E-state index in [-0.39, 0.29) is 5.54 Å². The molecular formula is C23H25Cl2NO. The number of hydrogen-bond acceptors (Lipinski definition) is 2. The zero-order valence-corrected chi connectivity index (χ0v) is 17.5. The Morgan fingerprint density at radius 2 is 1.78 bits per heavy atom. The molecule has 2 nitrogen and oxygen atoms in total. The number of hydrogen-bond donors (Lipinski definition) is 1. The number of ether oxygens (including phenoxy) is 1. The Hall–Kier alpha value is -1.74. The molecule has 0 saturated heterocycles. The van der Waals surface area contributed by atoms with E-state index < -0.39 is 0 Å². The second-order valence-electron chi connectivity index (χ2n) is 7.38. The lowest BCUT2D eigenvalue weighted by Crippen LogP contribution is -2.37. The van der Waals surface area contributed by atoms with E-state index in [1.165, 1.54) is 16.3 Å². The second kappa shape index (κ2) is 8.52.